The van der Waals surface area contributed by atoms with Gasteiger partial charge in [0.1, 0.15) is 7.05 Å². The lowest BCUT2D eigenvalue weighted by Gasteiger charge is -2.13. The van der Waals surface area contributed by atoms with Crippen LogP contribution in [0.5, 0.6) is 0 Å². The lowest BCUT2D eigenvalue weighted by atomic mass is 9.93. The Hall–Kier alpha value is -2.15. The summed E-state index contributed by atoms with van der Waals surface area (Å²) < 4.78 is 10.7. The number of pyridine rings is 1. The predicted molar refractivity (Wildman–Crippen MR) is 98.9 cm³/mol. The van der Waals surface area contributed by atoms with Gasteiger partial charge in [-0.15, -0.1) is 0 Å². The molecule has 0 aliphatic carbocycles. The minimum Gasteiger partial charge on any atom is -0.198 e. The Morgan fingerprint density at radius 3 is 2.43 bits per heavy atom. The summed E-state index contributed by atoms with van der Waals surface area (Å²) >= 11 is 0. The number of rotatable bonds is 2. The second-order valence-corrected chi connectivity index (χ2v) is 6.90. The molecule has 3 rings (SSSR count). The number of nitrogens with zero attached hydrogens (tertiary/aromatic N) is 1. The summed E-state index contributed by atoms with van der Waals surface area (Å²) in [4.78, 5) is 0. The van der Waals surface area contributed by atoms with E-state index in [4.69, 9.17) is 1.37 Å². The number of benzene rings is 2. The van der Waals surface area contributed by atoms with Crippen LogP contribution in [0, 0.1) is 20.8 Å². The van der Waals surface area contributed by atoms with E-state index in [9.17, 15) is 0 Å². The van der Waals surface area contributed by atoms with Gasteiger partial charge in [-0.25, -0.2) is 0 Å². The molecule has 0 aliphatic rings. The Balaban J connectivity index is 2.45. The zero-order valence-corrected chi connectivity index (χ0v) is 15.0. The Kier molecular flexibility index (Phi) is 3.65. The maximum Gasteiger partial charge on any atom is 0.220 e. The third-order valence-electron chi connectivity index (χ3n) is 4.77. The van der Waals surface area contributed by atoms with Gasteiger partial charge in [-0.05, 0) is 48.4 Å². The summed E-state index contributed by atoms with van der Waals surface area (Å²) in [5.74, 6) is 0.500. The van der Waals surface area contributed by atoms with Crippen molar-refractivity contribution in [3.63, 3.8) is 0 Å². The molecule has 0 unspecified atom stereocenters. The Morgan fingerprint density at radius 1 is 1.00 bits per heavy atom. The van der Waals surface area contributed by atoms with Gasteiger partial charge < -0.3 is 0 Å². The van der Waals surface area contributed by atoms with Crippen molar-refractivity contribution in [3.8, 4) is 11.3 Å². The highest BCUT2D eigenvalue weighted by molar-refractivity contribution is 5.94. The zero-order valence-electron chi connectivity index (χ0n) is 16.0. The fraction of sp³-hybridized carbons (Fsp3) is 0.318. The van der Waals surface area contributed by atoms with E-state index < -0.39 is 0 Å². The van der Waals surface area contributed by atoms with Gasteiger partial charge >= 0.3 is 0 Å². The Labute approximate surface area is 141 Å². The molecular weight excluding hydrogens is 278 g/mol. The first-order valence-corrected chi connectivity index (χ1v) is 8.31. The molecule has 1 nitrogen and oxygen atoms in total. The largest absolute Gasteiger partial charge is 0.220 e. The highest BCUT2D eigenvalue weighted by Crippen LogP contribution is 2.31. The first kappa shape index (κ1) is 14.4. The molecule has 0 bridgehead atoms. The summed E-state index contributed by atoms with van der Waals surface area (Å²) in [5, 5.41) is 2.19. The highest BCUT2D eigenvalue weighted by Gasteiger charge is 2.20. The van der Waals surface area contributed by atoms with E-state index in [0.717, 1.165) is 16.5 Å². The van der Waals surface area contributed by atoms with Crippen molar-refractivity contribution in [2.45, 2.75) is 40.5 Å². The van der Waals surface area contributed by atoms with Gasteiger partial charge in [0, 0.05) is 18.5 Å². The summed E-state index contributed by atoms with van der Waals surface area (Å²) in [7, 11) is 2.07. The third kappa shape index (κ3) is 2.76. The van der Waals surface area contributed by atoms with Crippen LogP contribution >= 0.6 is 0 Å². The first-order valence-electron chi connectivity index (χ1n) is 8.81. The van der Waals surface area contributed by atoms with E-state index in [-0.39, 0.29) is 0 Å². The summed E-state index contributed by atoms with van der Waals surface area (Å²) in [6.07, 6.45) is 0. The summed E-state index contributed by atoms with van der Waals surface area (Å²) in [6.45, 7) is 10.8. The molecular formula is C22H26N+. The number of hydrogen-bond acceptors (Lipinski definition) is 0. The van der Waals surface area contributed by atoms with Gasteiger partial charge in [-0.1, -0.05) is 43.7 Å². The second kappa shape index (κ2) is 5.81. The highest BCUT2D eigenvalue weighted by atomic mass is 14.9. The van der Waals surface area contributed by atoms with Crippen LogP contribution in [-0.2, 0) is 7.05 Å². The van der Waals surface area contributed by atoms with E-state index in [1.165, 1.54) is 27.9 Å². The maximum absolute atomic E-state index is 8.53. The van der Waals surface area contributed by atoms with Crippen molar-refractivity contribution in [2.75, 3.05) is 0 Å². The number of fused-ring (bicyclic) bond motifs is 1. The average Bonchev–Trinajstić information content (AvgIpc) is 2.55. The standard InChI is InChI=1S/C22H26N/c1-14(2)18-9-8-16(4)21(13-18)22-20-10-7-15(3)11-19(20)12-17(5)23(22)6/h7-14H,1-6H3/q+1/i12D. The van der Waals surface area contributed by atoms with Crippen LogP contribution in [0.3, 0.4) is 0 Å². The molecule has 1 aromatic heterocycles. The van der Waals surface area contributed by atoms with Gasteiger partial charge in [0.05, 0.1) is 6.76 Å². The van der Waals surface area contributed by atoms with Crippen molar-refractivity contribution in [1.29, 1.82) is 0 Å². The zero-order chi connectivity index (χ0) is 17.6. The fourth-order valence-corrected chi connectivity index (χ4v) is 3.17. The summed E-state index contributed by atoms with van der Waals surface area (Å²) in [5.41, 5.74) is 7.29. The normalized spacial score (nSPS) is 12.0. The molecule has 0 N–H and O–H groups in total. The monoisotopic (exact) mass is 305 g/mol. The van der Waals surface area contributed by atoms with Crippen molar-refractivity contribution in [1.82, 2.24) is 0 Å². The average molecular weight is 305 g/mol. The number of aromatic nitrogens is 1. The second-order valence-electron chi connectivity index (χ2n) is 6.90. The van der Waals surface area contributed by atoms with Crippen LogP contribution in [-0.4, -0.2) is 0 Å². The molecule has 118 valence electrons. The number of aryl methyl sites for hydroxylation is 2. The van der Waals surface area contributed by atoms with Crippen molar-refractivity contribution >= 4 is 10.8 Å². The van der Waals surface area contributed by atoms with E-state index in [1.54, 1.807) is 0 Å². The molecule has 0 atom stereocenters. The van der Waals surface area contributed by atoms with Gasteiger partial charge in [0.25, 0.3) is 0 Å². The number of hydrogen-bond donors (Lipinski definition) is 0. The lowest BCUT2D eigenvalue weighted by molar-refractivity contribution is -0.665. The van der Waals surface area contributed by atoms with Gasteiger partial charge in [-0.3, -0.25) is 0 Å². The molecule has 0 fully saturated rings. The molecule has 3 aromatic rings. The SMILES string of the molecule is [2H]c1c(C)[n+](C)c(-c2cc(C(C)C)ccc2C)c2ccc(C)cc12. The molecule has 2 aromatic carbocycles. The Bertz CT molecular complexity index is 939. The minimum atomic E-state index is 0.500. The van der Waals surface area contributed by atoms with Crippen molar-refractivity contribution in [3.05, 3.63) is 64.8 Å². The topological polar surface area (TPSA) is 3.88 Å². The maximum atomic E-state index is 8.53. The van der Waals surface area contributed by atoms with E-state index in [2.05, 4.69) is 75.7 Å². The molecule has 0 spiro atoms. The molecule has 1 heterocycles. The smallest absolute Gasteiger partial charge is 0.198 e. The van der Waals surface area contributed by atoms with Crippen LogP contribution in [0.4, 0.5) is 0 Å². The van der Waals surface area contributed by atoms with Gasteiger partial charge in [-0.2, -0.15) is 4.57 Å². The summed E-state index contributed by atoms with van der Waals surface area (Å²) in [6, 6.07) is 13.8. The van der Waals surface area contributed by atoms with Gasteiger partial charge in [0.15, 0.2) is 5.69 Å². The first-order chi connectivity index (χ1) is 11.3. The van der Waals surface area contributed by atoms with Gasteiger partial charge in [0.2, 0.25) is 5.69 Å². The van der Waals surface area contributed by atoms with Crippen molar-refractivity contribution in [2.24, 2.45) is 7.05 Å². The third-order valence-corrected chi connectivity index (χ3v) is 4.77. The van der Waals surface area contributed by atoms with Crippen molar-refractivity contribution < 1.29 is 5.94 Å². The van der Waals surface area contributed by atoms with Crippen LogP contribution in [0.15, 0.2) is 42.4 Å². The molecule has 0 aliphatic heterocycles. The molecule has 0 amide bonds. The van der Waals surface area contributed by atoms with E-state index in [0.29, 0.717) is 12.0 Å². The molecule has 0 saturated heterocycles. The fourth-order valence-electron chi connectivity index (χ4n) is 3.17. The van der Waals surface area contributed by atoms with Crippen LogP contribution < -0.4 is 4.57 Å². The van der Waals surface area contributed by atoms with Crippen LogP contribution in [0.25, 0.3) is 22.0 Å². The Morgan fingerprint density at radius 2 is 1.74 bits per heavy atom. The van der Waals surface area contributed by atoms with E-state index in [1.807, 2.05) is 6.92 Å². The molecule has 23 heavy (non-hydrogen) atoms. The van der Waals surface area contributed by atoms with Crippen LogP contribution in [0.2, 0.25) is 0 Å². The molecule has 1 heteroatoms. The lowest BCUT2D eigenvalue weighted by Crippen LogP contribution is -2.35. The van der Waals surface area contributed by atoms with Crippen LogP contribution in [0.1, 0.15) is 43.5 Å². The molecule has 0 radical (unpaired) electrons. The predicted octanol–water partition coefficient (Wildman–Crippen LogP) is 5.38. The molecule has 0 saturated carbocycles. The van der Waals surface area contributed by atoms with E-state index >= 15 is 0 Å². The quantitative estimate of drug-likeness (QED) is 0.560. The minimum absolute atomic E-state index is 0.500.